The van der Waals surface area contributed by atoms with E-state index in [1.165, 1.54) is 5.56 Å². The highest BCUT2D eigenvalue weighted by molar-refractivity contribution is 5.76. The Bertz CT molecular complexity index is 621. The van der Waals surface area contributed by atoms with E-state index in [-0.39, 0.29) is 12.0 Å². The van der Waals surface area contributed by atoms with E-state index >= 15 is 0 Å². The van der Waals surface area contributed by atoms with E-state index in [0.717, 1.165) is 45.0 Å². The molecule has 0 aromatic heterocycles. The minimum Gasteiger partial charge on any atom is -0.497 e. The van der Waals surface area contributed by atoms with E-state index in [2.05, 4.69) is 17.0 Å². The number of fused-ring (bicyclic) bond motifs is 1. The number of rotatable bonds is 9. The fraction of sp³-hybridized carbons (Fsp3) is 0.682. The Morgan fingerprint density at radius 2 is 2.07 bits per heavy atom. The fourth-order valence-corrected chi connectivity index (χ4v) is 4.47. The van der Waals surface area contributed by atoms with Crippen LogP contribution in [0.1, 0.15) is 25.3 Å². The molecule has 1 aromatic carbocycles. The van der Waals surface area contributed by atoms with Gasteiger partial charge in [-0.15, -0.1) is 0 Å². The van der Waals surface area contributed by atoms with Crippen LogP contribution in [0.25, 0.3) is 0 Å². The maximum absolute atomic E-state index is 12.6. The zero-order valence-electron chi connectivity index (χ0n) is 17.4. The number of hydrogen-bond acceptors (Lipinski definition) is 5. The summed E-state index contributed by atoms with van der Waals surface area (Å²) >= 11 is 0. The molecule has 0 saturated carbocycles. The predicted octanol–water partition coefficient (Wildman–Crippen LogP) is 2.42. The first-order valence-corrected chi connectivity index (χ1v) is 10.4. The highest BCUT2D eigenvalue weighted by Crippen LogP contribution is 2.36. The van der Waals surface area contributed by atoms with E-state index in [9.17, 15) is 4.79 Å². The lowest BCUT2D eigenvalue weighted by Gasteiger charge is -2.36. The summed E-state index contributed by atoms with van der Waals surface area (Å²) < 4.78 is 16.4. The molecular formula is C22H34N2O4. The Morgan fingerprint density at radius 1 is 1.29 bits per heavy atom. The number of hydrogen-bond donors (Lipinski definition) is 0. The first-order chi connectivity index (χ1) is 13.6. The zero-order valence-corrected chi connectivity index (χ0v) is 17.4. The molecule has 6 nitrogen and oxygen atoms in total. The van der Waals surface area contributed by atoms with Crippen molar-refractivity contribution < 1.29 is 19.0 Å². The van der Waals surface area contributed by atoms with Crippen molar-refractivity contribution in [3.8, 4) is 5.75 Å². The molecule has 2 aliphatic rings. The Morgan fingerprint density at radius 3 is 2.75 bits per heavy atom. The molecule has 1 aromatic rings. The first kappa shape index (κ1) is 21.1. The van der Waals surface area contributed by atoms with Crippen molar-refractivity contribution in [1.82, 2.24) is 9.80 Å². The number of likely N-dealkylation sites (N-methyl/N-ethyl adjacent to an activating group) is 1. The van der Waals surface area contributed by atoms with Gasteiger partial charge in [-0.2, -0.15) is 0 Å². The molecule has 0 spiro atoms. The van der Waals surface area contributed by atoms with Crippen molar-refractivity contribution >= 4 is 5.91 Å². The van der Waals surface area contributed by atoms with Crippen LogP contribution < -0.4 is 4.74 Å². The molecule has 2 fully saturated rings. The summed E-state index contributed by atoms with van der Waals surface area (Å²) in [5.41, 5.74) is 1.31. The van der Waals surface area contributed by atoms with Gasteiger partial charge in [-0.25, -0.2) is 0 Å². The van der Waals surface area contributed by atoms with Gasteiger partial charge in [0.05, 0.1) is 32.8 Å². The van der Waals surface area contributed by atoms with Crippen molar-refractivity contribution in [3.63, 3.8) is 0 Å². The smallest absolute Gasteiger partial charge is 0.225 e. The standard InChI is InChI=1S/C22H34N2O4/c1-4-24(11-12-26-2)22(25)13-21-20-9-10-23(15-18(20)16-28-21)14-17-5-7-19(27-3)8-6-17/h5-8,18,20-21H,4,9-16H2,1-3H3/t18-,20-,21+/m1/s1. The van der Waals surface area contributed by atoms with Gasteiger partial charge in [-0.3, -0.25) is 9.69 Å². The number of benzene rings is 1. The number of carbonyl (C=O) groups is 1. The zero-order chi connectivity index (χ0) is 19.9. The Balaban J connectivity index is 1.49. The number of amides is 1. The summed E-state index contributed by atoms with van der Waals surface area (Å²) in [4.78, 5) is 17.0. The maximum Gasteiger partial charge on any atom is 0.225 e. The molecule has 2 saturated heterocycles. The van der Waals surface area contributed by atoms with Crippen LogP contribution in [0.4, 0.5) is 0 Å². The number of carbonyl (C=O) groups excluding carboxylic acids is 1. The molecule has 3 atom stereocenters. The van der Waals surface area contributed by atoms with Crippen LogP contribution in [-0.2, 0) is 20.8 Å². The molecule has 2 aliphatic heterocycles. The highest BCUT2D eigenvalue weighted by atomic mass is 16.5. The summed E-state index contributed by atoms with van der Waals surface area (Å²) in [6.45, 7) is 7.80. The second-order valence-electron chi connectivity index (χ2n) is 7.84. The summed E-state index contributed by atoms with van der Waals surface area (Å²) in [6, 6.07) is 8.31. The quantitative estimate of drug-likeness (QED) is 0.648. The Labute approximate surface area is 168 Å². The fourth-order valence-electron chi connectivity index (χ4n) is 4.47. The third kappa shape index (κ3) is 5.25. The lowest BCUT2D eigenvalue weighted by Crippen LogP contribution is -2.42. The monoisotopic (exact) mass is 390 g/mol. The van der Waals surface area contributed by atoms with Gasteiger partial charge in [0.25, 0.3) is 0 Å². The molecule has 2 heterocycles. The van der Waals surface area contributed by atoms with Crippen LogP contribution in [0, 0.1) is 11.8 Å². The van der Waals surface area contributed by atoms with Crippen molar-refractivity contribution in [3.05, 3.63) is 29.8 Å². The van der Waals surface area contributed by atoms with Crippen LogP contribution in [0.5, 0.6) is 5.75 Å². The third-order valence-corrected chi connectivity index (χ3v) is 6.12. The second kappa shape index (κ2) is 10.2. The number of methoxy groups -OCH3 is 2. The molecule has 0 aliphatic carbocycles. The van der Waals surface area contributed by atoms with E-state index in [1.54, 1.807) is 14.2 Å². The van der Waals surface area contributed by atoms with Gasteiger partial charge in [0.15, 0.2) is 0 Å². The molecule has 28 heavy (non-hydrogen) atoms. The van der Waals surface area contributed by atoms with Gasteiger partial charge in [0.2, 0.25) is 5.91 Å². The van der Waals surface area contributed by atoms with Crippen molar-refractivity contribution in [2.75, 3.05) is 53.6 Å². The molecule has 0 N–H and O–H groups in total. The van der Waals surface area contributed by atoms with Crippen LogP contribution in [0.15, 0.2) is 24.3 Å². The topological polar surface area (TPSA) is 51.2 Å². The predicted molar refractivity (Wildman–Crippen MR) is 108 cm³/mol. The summed E-state index contributed by atoms with van der Waals surface area (Å²) in [5.74, 6) is 2.10. The number of ether oxygens (including phenoxy) is 3. The third-order valence-electron chi connectivity index (χ3n) is 6.12. The maximum atomic E-state index is 12.6. The van der Waals surface area contributed by atoms with Gasteiger partial charge in [-0.05, 0) is 43.5 Å². The van der Waals surface area contributed by atoms with Gasteiger partial charge in [-0.1, -0.05) is 12.1 Å². The van der Waals surface area contributed by atoms with Crippen molar-refractivity contribution in [2.24, 2.45) is 11.8 Å². The molecule has 0 unspecified atom stereocenters. The molecule has 1 amide bonds. The largest absolute Gasteiger partial charge is 0.497 e. The SMILES string of the molecule is CCN(CCOC)C(=O)C[C@@H]1OC[C@H]2CN(Cc3ccc(OC)cc3)CC[C@H]21. The number of nitrogens with zero attached hydrogens (tertiary/aromatic N) is 2. The van der Waals surface area contributed by atoms with Crippen LogP contribution >= 0.6 is 0 Å². The molecule has 0 radical (unpaired) electrons. The summed E-state index contributed by atoms with van der Waals surface area (Å²) in [6.07, 6.45) is 1.66. The lowest BCUT2D eigenvalue weighted by atomic mass is 9.83. The lowest BCUT2D eigenvalue weighted by molar-refractivity contribution is -0.134. The van der Waals surface area contributed by atoms with Gasteiger partial charge in [0.1, 0.15) is 5.75 Å². The molecular weight excluding hydrogens is 356 g/mol. The van der Waals surface area contributed by atoms with Crippen LogP contribution in [0.2, 0.25) is 0 Å². The van der Waals surface area contributed by atoms with Gasteiger partial charge >= 0.3 is 0 Å². The van der Waals surface area contributed by atoms with Crippen molar-refractivity contribution in [1.29, 1.82) is 0 Å². The normalized spacial score (nSPS) is 24.8. The van der Waals surface area contributed by atoms with E-state index < -0.39 is 0 Å². The van der Waals surface area contributed by atoms with Gasteiger partial charge < -0.3 is 19.1 Å². The number of piperidine rings is 1. The van der Waals surface area contributed by atoms with E-state index in [4.69, 9.17) is 14.2 Å². The highest BCUT2D eigenvalue weighted by Gasteiger charge is 2.41. The minimum absolute atomic E-state index is 0.0669. The van der Waals surface area contributed by atoms with E-state index in [1.807, 2.05) is 24.0 Å². The van der Waals surface area contributed by atoms with E-state index in [0.29, 0.717) is 31.4 Å². The second-order valence-corrected chi connectivity index (χ2v) is 7.84. The Kier molecular flexibility index (Phi) is 7.71. The van der Waals surface area contributed by atoms with Gasteiger partial charge in [0, 0.05) is 39.2 Å². The molecule has 0 bridgehead atoms. The average molecular weight is 391 g/mol. The molecule has 6 heteroatoms. The van der Waals surface area contributed by atoms with Crippen LogP contribution in [-0.4, -0.2) is 75.4 Å². The first-order valence-electron chi connectivity index (χ1n) is 10.4. The number of likely N-dealkylation sites (tertiary alicyclic amines) is 1. The van der Waals surface area contributed by atoms with Crippen molar-refractivity contribution in [2.45, 2.75) is 32.4 Å². The Hall–Kier alpha value is -1.63. The minimum atomic E-state index is 0.0669. The van der Waals surface area contributed by atoms with Crippen LogP contribution in [0.3, 0.4) is 0 Å². The molecule has 156 valence electrons. The average Bonchev–Trinajstić information content (AvgIpc) is 3.11. The summed E-state index contributed by atoms with van der Waals surface area (Å²) in [7, 11) is 3.36. The molecule has 3 rings (SSSR count). The summed E-state index contributed by atoms with van der Waals surface area (Å²) in [5, 5.41) is 0.